The van der Waals surface area contributed by atoms with Gasteiger partial charge in [0, 0.05) is 29.8 Å². The zero-order chi connectivity index (χ0) is 19.0. The lowest BCUT2D eigenvalue weighted by molar-refractivity contribution is -0.148. The second kappa shape index (κ2) is 6.58. The minimum absolute atomic E-state index is 0.548. The Kier molecular flexibility index (Phi) is 4.22. The fourth-order valence-corrected chi connectivity index (χ4v) is 3.68. The van der Waals surface area contributed by atoms with Crippen LogP contribution in [0.25, 0.3) is 11.4 Å². The topological polar surface area (TPSA) is 52.1 Å². The number of carbonyl (C=O) groups excluding carboxylic acids is 1. The number of benzene rings is 2. The number of hydrogen-bond acceptors (Lipinski definition) is 4. The molecule has 136 valence electrons. The molecule has 0 saturated heterocycles. The van der Waals surface area contributed by atoms with E-state index in [4.69, 9.17) is 4.74 Å². The normalized spacial score (nSPS) is 23.7. The van der Waals surface area contributed by atoms with Gasteiger partial charge in [0.05, 0.1) is 7.11 Å². The third-order valence-electron chi connectivity index (χ3n) is 5.10. The number of aryl methyl sites for hydroxylation is 1. The monoisotopic (exact) mass is 362 g/mol. The number of ether oxygens (including phenoxy) is 1. The maximum atomic E-state index is 15.6. The molecule has 1 heterocycles. The predicted molar refractivity (Wildman–Crippen MR) is 100.0 cm³/mol. The van der Waals surface area contributed by atoms with E-state index in [1.165, 1.54) is 7.11 Å². The van der Waals surface area contributed by atoms with Crippen molar-refractivity contribution in [1.29, 1.82) is 0 Å². The van der Waals surface area contributed by atoms with Crippen LogP contribution in [0.1, 0.15) is 28.5 Å². The van der Waals surface area contributed by atoms with Gasteiger partial charge in [-0.05, 0) is 23.6 Å². The molecular weight excluding hydrogens is 343 g/mol. The lowest BCUT2D eigenvalue weighted by Gasteiger charge is -2.06. The maximum absolute atomic E-state index is 15.6. The SMILES string of the molecule is COC(=O)[C@]1(F)[C@H](c2ccccc2)[C@H]1c1ccc(-c2ncc(C)cn2)cc1. The molecule has 4 nitrogen and oxygen atoms in total. The quantitative estimate of drug-likeness (QED) is 0.652. The first kappa shape index (κ1) is 17.3. The largest absolute Gasteiger partial charge is 0.467 e. The second-order valence-corrected chi connectivity index (χ2v) is 6.83. The highest BCUT2D eigenvalue weighted by Gasteiger charge is 2.73. The van der Waals surface area contributed by atoms with Gasteiger partial charge in [0.2, 0.25) is 5.67 Å². The number of alkyl halides is 1. The van der Waals surface area contributed by atoms with E-state index in [0.29, 0.717) is 5.82 Å². The van der Waals surface area contributed by atoms with Crippen molar-refractivity contribution in [2.24, 2.45) is 0 Å². The van der Waals surface area contributed by atoms with Gasteiger partial charge in [-0.25, -0.2) is 19.2 Å². The van der Waals surface area contributed by atoms with Crippen LogP contribution in [0.5, 0.6) is 0 Å². The van der Waals surface area contributed by atoms with Gasteiger partial charge >= 0.3 is 5.97 Å². The van der Waals surface area contributed by atoms with Gasteiger partial charge in [0.25, 0.3) is 0 Å². The number of aromatic nitrogens is 2. The molecule has 3 aromatic rings. The highest BCUT2D eigenvalue weighted by Crippen LogP contribution is 2.66. The summed E-state index contributed by atoms with van der Waals surface area (Å²) in [5.74, 6) is -1.33. The van der Waals surface area contributed by atoms with Gasteiger partial charge in [-0.2, -0.15) is 0 Å². The number of halogens is 1. The van der Waals surface area contributed by atoms with Crippen LogP contribution in [0.3, 0.4) is 0 Å². The fourth-order valence-electron chi connectivity index (χ4n) is 3.68. The molecule has 1 fully saturated rings. The highest BCUT2D eigenvalue weighted by molar-refractivity contribution is 5.88. The third-order valence-corrected chi connectivity index (χ3v) is 5.10. The molecule has 2 aromatic carbocycles. The Morgan fingerprint density at radius 2 is 1.52 bits per heavy atom. The minimum Gasteiger partial charge on any atom is -0.467 e. The number of hydrogen-bond donors (Lipinski definition) is 0. The standard InChI is InChI=1S/C22H19FN2O2/c1-14-12-24-20(25-13-14)17-10-8-16(9-11-17)19-18(15-6-4-3-5-7-15)22(19,23)21(26)27-2/h3-13,18-19H,1-2H3/t18-,19-,22+/m1/s1. The lowest BCUT2D eigenvalue weighted by Crippen LogP contribution is -2.22. The molecule has 0 aliphatic heterocycles. The minimum atomic E-state index is -2.04. The third kappa shape index (κ3) is 2.89. The smallest absolute Gasteiger partial charge is 0.344 e. The molecule has 1 aromatic heterocycles. The Labute approximate surface area is 157 Å². The second-order valence-electron chi connectivity index (χ2n) is 6.83. The summed E-state index contributed by atoms with van der Waals surface area (Å²) in [5.41, 5.74) is 1.34. The Morgan fingerprint density at radius 3 is 2.07 bits per heavy atom. The van der Waals surface area contributed by atoms with Crippen LogP contribution in [0.15, 0.2) is 67.0 Å². The van der Waals surface area contributed by atoms with Gasteiger partial charge in [0.15, 0.2) is 5.82 Å². The molecule has 0 bridgehead atoms. The summed E-state index contributed by atoms with van der Waals surface area (Å²) < 4.78 is 20.3. The predicted octanol–water partition coefficient (Wildman–Crippen LogP) is 4.21. The molecule has 1 aliphatic rings. The van der Waals surface area contributed by atoms with E-state index in [1.807, 2.05) is 61.5 Å². The van der Waals surface area contributed by atoms with E-state index in [9.17, 15) is 4.79 Å². The van der Waals surface area contributed by atoms with Crippen molar-refractivity contribution in [2.75, 3.05) is 7.11 Å². The van der Waals surface area contributed by atoms with Crippen molar-refractivity contribution >= 4 is 5.97 Å². The van der Waals surface area contributed by atoms with Gasteiger partial charge in [-0.3, -0.25) is 0 Å². The first-order chi connectivity index (χ1) is 13.1. The number of methoxy groups -OCH3 is 1. The highest BCUT2D eigenvalue weighted by atomic mass is 19.1. The molecule has 5 heteroatoms. The van der Waals surface area contributed by atoms with Crippen molar-refractivity contribution < 1.29 is 13.9 Å². The summed E-state index contributed by atoms with van der Waals surface area (Å²) in [7, 11) is 1.22. The number of esters is 1. The first-order valence-electron chi connectivity index (χ1n) is 8.77. The van der Waals surface area contributed by atoms with E-state index >= 15 is 4.39 Å². The average Bonchev–Trinajstić information content (AvgIpc) is 3.35. The maximum Gasteiger partial charge on any atom is 0.344 e. The average molecular weight is 362 g/mol. The molecule has 0 unspecified atom stereocenters. The van der Waals surface area contributed by atoms with E-state index in [0.717, 1.165) is 22.3 Å². The van der Waals surface area contributed by atoms with Crippen LogP contribution in [0.2, 0.25) is 0 Å². The first-order valence-corrected chi connectivity index (χ1v) is 8.77. The number of carbonyl (C=O) groups is 1. The van der Waals surface area contributed by atoms with Gasteiger partial charge in [0.1, 0.15) is 0 Å². The Bertz CT molecular complexity index is 958. The summed E-state index contributed by atoms with van der Waals surface area (Å²) in [6.07, 6.45) is 3.51. The molecular formula is C22H19FN2O2. The molecule has 4 rings (SSSR count). The van der Waals surface area contributed by atoms with Crippen molar-refractivity contribution in [2.45, 2.75) is 24.4 Å². The van der Waals surface area contributed by atoms with Crippen molar-refractivity contribution in [3.63, 3.8) is 0 Å². The van der Waals surface area contributed by atoms with Crippen LogP contribution in [0, 0.1) is 6.92 Å². The number of nitrogens with zero attached hydrogens (tertiary/aromatic N) is 2. The molecule has 0 spiro atoms. The molecule has 1 saturated carbocycles. The van der Waals surface area contributed by atoms with Crippen molar-refractivity contribution in [1.82, 2.24) is 9.97 Å². The summed E-state index contributed by atoms with van der Waals surface area (Å²) in [6, 6.07) is 16.6. The Balaban J connectivity index is 1.67. The van der Waals surface area contributed by atoms with Crippen molar-refractivity contribution in [3.8, 4) is 11.4 Å². The Morgan fingerprint density at radius 1 is 0.963 bits per heavy atom. The molecule has 27 heavy (non-hydrogen) atoms. The summed E-state index contributed by atoms with van der Waals surface area (Å²) in [6.45, 7) is 1.93. The van der Waals surface area contributed by atoms with Crippen LogP contribution in [-0.2, 0) is 9.53 Å². The van der Waals surface area contributed by atoms with Crippen LogP contribution in [-0.4, -0.2) is 28.7 Å². The molecule has 0 N–H and O–H groups in total. The van der Waals surface area contributed by atoms with Gasteiger partial charge < -0.3 is 4.74 Å². The van der Waals surface area contributed by atoms with Crippen molar-refractivity contribution in [3.05, 3.63) is 83.7 Å². The number of rotatable bonds is 4. The fraction of sp³-hybridized carbons (Fsp3) is 0.227. The summed E-state index contributed by atoms with van der Waals surface area (Å²) in [5, 5.41) is 0. The van der Waals surface area contributed by atoms with Gasteiger partial charge in [-0.1, -0.05) is 54.6 Å². The van der Waals surface area contributed by atoms with E-state index in [-0.39, 0.29) is 0 Å². The van der Waals surface area contributed by atoms with E-state index < -0.39 is 23.5 Å². The zero-order valence-corrected chi connectivity index (χ0v) is 15.1. The van der Waals surface area contributed by atoms with Crippen LogP contribution in [0.4, 0.5) is 4.39 Å². The van der Waals surface area contributed by atoms with E-state index in [2.05, 4.69) is 9.97 Å². The summed E-state index contributed by atoms with van der Waals surface area (Å²) >= 11 is 0. The molecule has 3 atom stereocenters. The molecule has 1 aliphatic carbocycles. The lowest BCUT2D eigenvalue weighted by atomic mass is 10.0. The van der Waals surface area contributed by atoms with E-state index in [1.54, 1.807) is 12.4 Å². The molecule has 0 amide bonds. The van der Waals surface area contributed by atoms with Crippen LogP contribution < -0.4 is 0 Å². The van der Waals surface area contributed by atoms with Gasteiger partial charge in [-0.15, -0.1) is 0 Å². The molecule has 0 radical (unpaired) electrons. The zero-order valence-electron chi connectivity index (χ0n) is 15.1. The van der Waals surface area contributed by atoms with Crippen LogP contribution >= 0.6 is 0 Å². The Hall–Kier alpha value is -3.08. The summed E-state index contributed by atoms with van der Waals surface area (Å²) in [4.78, 5) is 20.8.